The van der Waals surface area contributed by atoms with E-state index in [1.807, 2.05) is 0 Å². The van der Waals surface area contributed by atoms with Gasteiger partial charge in [0, 0.05) is 0 Å². The molecule has 0 saturated heterocycles. The van der Waals surface area contributed by atoms with E-state index in [2.05, 4.69) is 27.7 Å². The molecule has 0 amide bonds. The van der Waals surface area contributed by atoms with E-state index in [9.17, 15) is 0 Å². The molecule has 0 radical (unpaired) electrons. The van der Waals surface area contributed by atoms with Gasteiger partial charge in [-0.2, -0.15) is 0 Å². The largest absolute Gasteiger partial charge is 0.233 e. The van der Waals surface area contributed by atoms with E-state index in [-0.39, 0.29) is 11.7 Å². The molecule has 1 rings (SSSR count). The third-order valence-electron chi connectivity index (χ3n) is 3.59. The van der Waals surface area contributed by atoms with Crippen molar-refractivity contribution in [2.45, 2.75) is 77.9 Å². The van der Waals surface area contributed by atoms with Gasteiger partial charge in [0.25, 0.3) is 0 Å². The Kier molecular flexibility index (Phi) is 5.07. The molecule has 0 aromatic rings. The van der Waals surface area contributed by atoms with Crippen molar-refractivity contribution in [1.29, 1.82) is 0 Å². The lowest BCUT2D eigenvalue weighted by Gasteiger charge is -2.30. The fraction of sp³-hybridized carbons (Fsp3) is 1.00. The highest BCUT2D eigenvalue weighted by atomic mass is 17.2. The van der Waals surface area contributed by atoms with Crippen LogP contribution < -0.4 is 0 Å². The van der Waals surface area contributed by atoms with Crippen molar-refractivity contribution in [2.75, 3.05) is 0 Å². The standard InChI is InChI=1S/C13H26O2/c1-5-13(3,4)15-14-11(2)12-9-7-6-8-10-12/h11-12H,5-10H2,1-4H3. The summed E-state index contributed by atoms with van der Waals surface area (Å²) in [6.07, 6.45) is 7.94. The second-order valence-corrected chi connectivity index (χ2v) is 5.40. The van der Waals surface area contributed by atoms with Crippen LogP contribution in [0.1, 0.15) is 66.2 Å². The zero-order valence-electron chi connectivity index (χ0n) is 10.7. The molecule has 1 aliphatic carbocycles. The van der Waals surface area contributed by atoms with Crippen LogP contribution in [0.3, 0.4) is 0 Å². The van der Waals surface area contributed by atoms with Crippen LogP contribution in [0, 0.1) is 5.92 Å². The van der Waals surface area contributed by atoms with Crippen molar-refractivity contribution < 1.29 is 9.78 Å². The minimum atomic E-state index is -0.150. The monoisotopic (exact) mass is 214 g/mol. The summed E-state index contributed by atoms with van der Waals surface area (Å²) in [6.45, 7) is 8.40. The Balaban J connectivity index is 2.25. The molecule has 2 nitrogen and oxygen atoms in total. The molecule has 0 bridgehead atoms. The molecule has 1 fully saturated rings. The van der Waals surface area contributed by atoms with Crippen LogP contribution in [0.25, 0.3) is 0 Å². The summed E-state index contributed by atoms with van der Waals surface area (Å²) in [6, 6.07) is 0. The summed E-state index contributed by atoms with van der Waals surface area (Å²) >= 11 is 0. The fourth-order valence-corrected chi connectivity index (χ4v) is 1.95. The van der Waals surface area contributed by atoms with Gasteiger partial charge in [-0.15, -0.1) is 0 Å². The van der Waals surface area contributed by atoms with Crippen molar-refractivity contribution in [3.63, 3.8) is 0 Å². The topological polar surface area (TPSA) is 18.5 Å². The second kappa shape index (κ2) is 5.86. The molecular weight excluding hydrogens is 188 g/mol. The van der Waals surface area contributed by atoms with Crippen LogP contribution in [0.15, 0.2) is 0 Å². The van der Waals surface area contributed by atoms with E-state index in [1.165, 1.54) is 32.1 Å². The maximum Gasteiger partial charge on any atom is 0.0977 e. The normalized spacial score (nSPS) is 21.6. The first-order valence-corrected chi connectivity index (χ1v) is 6.39. The highest BCUT2D eigenvalue weighted by molar-refractivity contribution is 4.71. The Morgan fingerprint density at radius 3 is 2.33 bits per heavy atom. The first-order valence-electron chi connectivity index (χ1n) is 6.39. The molecule has 0 aromatic carbocycles. The first-order chi connectivity index (χ1) is 7.05. The van der Waals surface area contributed by atoms with Crippen LogP contribution in [0.5, 0.6) is 0 Å². The number of hydrogen-bond acceptors (Lipinski definition) is 2. The summed E-state index contributed by atoms with van der Waals surface area (Å²) in [5.74, 6) is 0.700. The SMILES string of the molecule is CCC(C)(C)OOC(C)C1CCCCC1. The molecular formula is C13H26O2. The Bertz CT molecular complexity index is 171. The molecule has 15 heavy (non-hydrogen) atoms. The lowest BCUT2D eigenvalue weighted by molar-refractivity contribution is -0.382. The first kappa shape index (κ1) is 13.0. The van der Waals surface area contributed by atoms with E-state index in [1.54, 1.807) is 0 Å². The average molecular weight is 214 g/mol. The zero-order valence-corrected chi connectivity index (χ0v) is 10.7. The third kappa shape index (κ3) is 4.52. The fourth-order valence-electron chi connectivity index (χ4n) is 1.95. The Labute approximate surface area is 94.3 Å². The number of rotatable bonds is 5. The second-order valence-electron chi connectivity index (χ2n) is 5.40. The van der Waals surface area contributed by atoms with E-state index in [0.717, 1.165) is 6.42 Å². The van der Waals surface area contributed by atoms with Gasteiger partial charge in [0.05, 0.1) is 11.7 Å². The van der Waals surface area contributed by atoms with Gasteiger partial charge in [-0.25, -0.2) is 9.78 Å². The Hall–Kier alpha value is -0.0800. The molecule has 0 N–H and O–H groups in total. The summed E-state index contributed by atoms with van der Waals surface area (Å²) in [4.78, 5) is 11.0. The summed E-state index contributed by atoms with van der Waals surface area (Å²) in [5.41, 5.74) is -0.150. The molecule has 0 heterocycles. The molecule has 1 unspecified atom stereocenters. The van der Waals surface area contributed by atoms with Gasteiger partial charge in [0.1, 0.15) is 0 Å². The van der Waals surface area contributed by atoms with Crippen LogP contribution >= 0.6 is 0 Å². The predicted octanol–water partition coefficient (Wildman–Crippen LogP) is 4.09. The van der Waals surface area contributed by atoms with Crippen LogP contribution in [0.2, 0.25) is 0 Å². The minimum Gasteiger partial charge on any atom is -0.233 e. The van der Waals surface area contributed by atoms with Crippen LogP contribution in [-0.4, -0.2) is 11.7 Å². The van der Waals surface area contributed by atoms with Crippen molar-refractivity contribution in [3.05, 3.63) is 0 Å². The van der Waals surface area contributed by atoms with E-state index < -0.39 is 0 Å². The van der Waals surface area contributed by atoms with Crippen LogP contribution in [-0.2, 0) is 9.78 Å². The van der Waals surface area contributed by atoms with Gasteiger partial charge in [-0.3, -0.25) is 0 Å². The van der Waals surface area contributed by atoms with Crippen LogP contribution in [0.4, 0.5) is 0 Å². The Morgan fingerprint density at radius 1 is 1.20 bits per heavy atom. The molecule has 0 spiro atoms. The van der Waals surface area contributed by atoms with E-state index >= 15 is 0 Å². The summed E-state index contributed by atoms with van der Waals surface area (Å²) < 4.78 is 0. The van der Waals surface area contributed by atoms with Gasteiger partial charge in [-0.1, -0.05) is 26.2 Å². The maximum absolute atomic E-state index is 5.54. The molecule has 0 aromatic heterocycles. The van der Waals surface area contributed by atoms with Crippen molar-refractivity contribution >= 4 is 0 Å². The van der Waals surface area contributed by atoms with Crippen molar-refractivity contribution in [1.82, 2.24) is 0 Å². The van der Waals surface area contributed by atoms with Gasteiger partial charge in [-0.05, 0) is 46.0 Å². The quantitative estimate of drug-likeness (QED) is 0.507. The van der Waals surface area contributed by atoms with Crippen molar-refractivity contribution in [3.8, 4) is 0 Å². The lowest BCUT2D eigenvalue weighted by Crippen LogP contribution is -2.30. The summed E-state index contributed by atoms with van der Waals surface area (Å²) in [7, 11) is 0. The highest BCUT2D eigenvalue weighted by Crippen LogP contribution is 2.28. The predicted molar refractivity (Wildman–Crippen MR) is 62.6 cm³/mol. The highest BCUT2D eigenvalue weighted by Gasteiger charge is 2.24. The van der Waals surface area contributed by atoms with Gasteiger partial charge in [0.2, 0.25) is 0 Å². The molecule has 0 aliphatic heterocycles. The van der Waals surface area contributed by atoms with E-state index in [4.69, 9.17) is 9.78 Å². The van der Waals surface area contributed by atoms with Gasteiger partial charge in [0.15, 0.2) is 0 Å². The average Bonchev–Trinajstić information content (AvgIpc) is 2.27. The summed E-state index contributed by atoms with van der Waals surface area (Å²) in [5, 5.41) is 0. The molecule has 1 atom stereocenters. The van der Waals surface area contributed by atoms with Gasteiger partial charge < -0.3 is 0 Å². The lowest BCUT2D eigenvalue weighted by atomic mass is 9.86. The van der Waals surface area contributed by atoms with Crippen molar-refractivity contribution in [2.24, 2.45) is 5.92 Å². The zero-order chi connectivity index (χ0) is 11.3. The third-order valence-corrected chi connectivity index (χ3v) is 3.59. The maximum atomic E-state index is 5.54. The van der Waals surface area contributed by atoms with Gasteiger partial charge >= 0.3 is 0 Å². The minimum absolute atomic E-state index is 0.150. The molecule has 2 heteroatoms. The molecule has 1 saturated carbocycles. The smallest absolute Gasteiger partial charge is 0.0977 e. The Morgan fingerprint density at radius 2 is 1.80 bits per heavy atom. The van der Waals surface area contributed by atoms with E-state index in [0.29, 0.717) is 5.92 Å². The molecule has 1 aliphatic rings. The molecule has 90 valence electrons. The number of hydrogen-bond donors (Lipinski definition) is 0.